The van der Waals surface area contributed by atoms with Crippen molar-refractivity contribution < 1.29 is 4.79 Å². The van der Waals surface area contributed by atoms with Crippen molar-refractivity contribution in [2.75, 3.05) is 26.2 Å². The third-order valence-electron chi connectivity index (χ3n) is 3.09. The van der Waals surface area contributed by atoms with Crippen LogP contribution in [0, 0.1) is 0 Å². The van der Waals surface area contributed by atoms with E-state index in [0.29, 0.717) is 0 Å². The van der Waals surface area contributed by atoms with E-state index in [1.165, 1.54) is 0 Å². The van der Waals surface area contributed by atoms with Gasteiger partial charge in [-0.05, 0) is 54.9 Å². The summed E-state index contributed by atoms with van der Waals surface area (Å²) in [5.74, 6) is 0.158. The summed E-state index contributed by atoms with van der Waals surface area (Å²) in [7, 11) is 0. The Morgan fingerprint density at radius 1 is 1.37 bits per heavy atom. The molecule has 1 unspecified atom stereocenters. The molecule has 0 saturated heterocycles. The minimum atomic E-state index is -0.0669. The number of hydrogen-bond acceptors (Lipinski definition) is 3. The number of nitrogens with one attached hydrogen (secondary N) is 1. The molecule has 1 aromatic rings. The standard InChI is InChI=1S/C14H23BrN2OS/c1-4-9-16-10-11(12-7-8-13(15)19-12)14(18)17(5-2)6-3/h7-8,11,16H,4-6,9-10H2,1-3H3. The summed E-state index contributed by atoms with van der Waals surface area (Å²) in [6, 6.07) is 4.07. The molecule has 0 aliphatic carbocycles. The molecule has 0 fully saturated rings. The highest BCUT2D eigenvalue weighted by molar-refractivity contribution is 9.11. The van der Waals surface area contributed by atoms with Crippen LogP contribution in [0.4, 0.5) is 0 Å². The van der Waals surface area contributed by atoms with Crippen LogP contribution in [0.2, 0.25) is 0 Å². The Bertz CT molecular complexity index is 391. The molecule has 0 aromatic carbocycles. The van der Waals surface area contributed by atoms with Crippen molar-refractivity contribution in [3.05, 3.63) is 20.8 Å². The number of hydrogen-bond donors (Lipinski definition) is 1. The molecule has 1 atom stereocenters. The van der Waals surface area contributed by atoms with Gasteiger partial charge in [0.2, 0.25) is 5.91 Å². The summed E-state index contributed by atoms with van der Waals surface area (Å²) in [6.45, 7) is 9.41. The van der Waals surface area contributed by atoms with E-state index in [9.17, 15) is 4.79 Å². The molecule has 5 heteroatoms. The number of nitrogens with zero attached hydrogens (tertiary/aromatic N) is 1. The Hall–Kier alpha value is -0.390. The van der Waals surface area contributed by atoms with E-state index in [1.807, 2.05) is 24.8 Å². The van der Waals surface area contributed by atoms with Gasteiger partial charge < -0.3 is 10.2 Å². The predicted molar refractivity (Wildman–Crippen MR) is 85.8 cm³/mol. The fraction of sp³-hybridized carbons (Fsp3) is 0.643. The second kappa shape index (κ2) is 8.72. The Labute approximate surface area is 128 Å². The maximum absolute atomic E-state index is 12.6. The van der Waals surface area contributed by atoms with Gasteiger partial charge in [0.25, 0.3) is 0 Å². The number of carbonyl (C=O) groups is 1. The summed E-state index contributed by atoms with van der Waals surface area (Å²) >= 11 is 5.13. The lowest BCUT2D eigenvalue weighted by Crippen LogP contribution is -2.38. The van der Waals surface area contributed by atoms with Crippen molar-refractivity contribution in [1.82, 2.24) is 10.2 Å². The van der Waals surface area contributed by atoms with Crippen LogP contribution in [0.1, 0.15) is 38.0 Å². The molecular weight excluding hydrogens is 324 g/mol. The first kappa shape index (κ1) is 16.7. The molecule has 1 N–H and O–H groups in total. The van der Waals surface area contributed by atoms with Gasteiger partial charge in [-0.2, -0.15) is 0 Å². The largest absolute Gasteiger partial charge is 0.343 e. The van der Waals surface area contributed by atoms with E-state index in [1.54, 1.807) is 11.3 Å². The summed E-state index contributed by atoms with van der Waals surface area (Å²) in [5.41, 5.74) is 0. The maximum Gasteiger partial charge on any atom is 0.232 e. The fourth-order valence-corrected chi connectivity index (χ4v) is 3.52. The molecule has 0 saturated carbocycles. The monoisotopic (exact) mass is 346 g/mol. The number of carbonyl (C=O) groups excluding carboxylic acids is 1. The van der Waals surface area contributed by atoms with Crippen molar-refractivity contribution >= 4 is 33.2 Å². The van der Waals surface area contributed by atoms with Crippen LogP contribution in [0.15, 0.2) is 15.9 Å². The van der Waals surface area contributed by atoms with E-state index in [0.717, 1.165) is 41.3 Å². The first-order valence-corrected chi connectivity index (χ1v) is 8.49. The third-order valence-corrected chi connectivity index (χ3v) is 4.82. The molecule has 1 aromatic heterocycles. The fourth-order valence-electron chi connectivity index (χ4n) is 2.00. The molecule has 0 aliphatic rings. The normalized spacial score (nSPS) is 12.4. The quantitative estimate of drug-likeness (QED) is 0.731. The Morgan fingerprint density at radius 2 is 2.05 bits per heavy atom. The minimum absolute atomic E-state index is 0.0669. The number of thiophene rings is 1. The zero-order chi connectivity index (χ0) is 14.3. The second-order valence-corrected chi connectivity index (χ2v) is 6.90. The third kappa shape index (κ3) is 4.89. The molecule has 108 valence electrons. The predicted octanol–water partition coefficient (Wildman–Crippen LogP) is 3.46. The van der Waals surface area contributed by atoms with Crippen molar-refractivity contribution in [1.29, 1.82) is 0 Å². The Kier molecular flexibility index (Phi) is 7.64. The van der Waals surface area contributed by atoms with Crippen LogP contribution in [0.5, 0.6) is 0 Å². The molecule has 1 rings (SSSR count). The van der Waals surface area contributed by atoms with Crippen LogP contribution in [-0.2, 0) is 4.79 Å². The molecule has 0 radical (unpaired) electrons. The van der Waals surface area contributed by atoms with Gasteiger partial charge in [0.15, 0.2) is 0 Å². The summed E-state index contributed by atoms with van der Waals surface area (Å²) < 4.78 is 1.08. The van der Waals surface area contributed by atoms with Crippen LogP contribution < -0.4 is 5.32 Å². The number of likely N-dealkylation sites (N-methyl/N-ethyl adjacent to an activating group) is 1. The van der Waals surface area contributed by atoms with Gasteiger partial charge >= 0.3 is 0 Å². The van der Waals surface area contributed by atoms with E-state index in [4.69, 9.17) is 0 Å². The molecule has 3 nitrogen and oxygen atoms in total. The lowest BCUT2D eigenvalue weighted by atomic mass is 10.1. The molecular formula is C14H23BrN2OS. The summed E-state index contributed by atoms with van der Waals surface area (Å²) in [6.07, 6.45) is 1.08. The maximum atomic E-state index is 12.6. The van der Waals surface area contributed by atoms with Crippen molar-refractivity contribution in [3.63, 3.8) is 0 Å². The average Bonchev–Trinajstić information content (AvgIpc) is 2.82. The molecule has 0 spiro atoms. The average molecular weight is 347 g/mol. The van der Waals surface area contributed by atoms with Crippen molar-refractivity contribution in [2.45, 2.75) is 33.1 Å². The van der Waals surface area contributed by atoms with Gasteiger partial charge in [-0.1, -0.05) is 6.92 Å². The first-order valence-electron chi connectivity index (χ1n) is 6.88. The highest BCUT2D eigenvalue weighted by Gasteiger charge is 2.25. The van der Waals surface area contributed by atoms with Gasteiger partial charge in [-0.15, -0.1) is 11.3 Å². The summed E-state index contributed by atoms with van der Waals surface area (Å²) in [5, 5.41) is 3.37. The first-order chi connectivity index (χ1) is 9.13. The highest BCUT2D eigenvalue weighted by atomic mass is 79.9. The van der Waals surface area contributed by atoms with Crippen LogP contribution in [-0.4, -0.2) is 37.0 Å². The molecule has 1 amide bonds. The zero-order valence-electron chi connectivity index (χ0n) is 11.9. The Morgan fingerprint density at radius 3 is 2.53 bits per heavy atom. The second-order valence-electron chi connectivity index (χ2n) is 4.41. The topological polar surface area (TPSA) is 32.3 Å². The van der Waals surface area contributed by atoms with Gasteiger partial charge in [-0.25, -0.2) is 0 Å². The van der Waals surface area contributed by atoms with E-state index < -0.39 is 0 Å². The van der Waals surface area contributed by atoms with E-state index in [2.05, 4.69) is 34.2 Å². The smallest absolute Gasteiger partial charge is 0.232 e. The molecule has 0 bridgehead atoms. The van der Waals surface area contributed by atoms with Gasteiger partial charge in [0.1, 0.15) is 0 Å². The van der Waals surface area contributed by atoms with Gasteiger partial charge in [0.05, 0.1) is 9.70 Å². The molecule has 19 heavy (non-hydrogen) atoms. The lowest BCUT2D eigenvalue weighted by Gasteiger charge is -2.24. The van der Waals surface area contributed by atoms with Gasteiger partial charge in [-0.3, -0.25) is 4.79 Å². The van der Waals surface area contributed by atoms with Crippen LogP contribution in [0.3, 0.4) is 0 Å². The van der Waals surface area contributed by atoms with Crippen molar-refractivity contribution in [2.24, 2.45) is 0 Å². The SMILES string of the molecule is CCCNCC(C(=O)N(CC)CC)c1ccc(Br)s1. The van der Waals surface area contributed by atoms with E-state index >= 15 is 0 Å². The summed E-state index contributed by atoms with van der Waals surface area (Å²) in [4.78, 5) is 15.6. The van der Waals surface area contributed by atoms with E-state index in [-0.39, 0.29) is 11.8 Å². The van der Waals surface area contributed by atoms with Crippen LogP contribution in [0.25, 0.3) is 0 Å². The zero-order valence-corrected chi connectivity index (χ0v) is 14.3. The lowest BCUT2D eigenvalue weighted by molar-refractivity contribution is -0.132. The number of halogens is 1. The van der Waals surface area contributed by atoms with Crippen molar-refractivity contribution in [3.8, 4) is 0 Å². The highest BCUT2D eigenvalue weighted by Crippen LogP contribution is 2.29. The van der Waals surface area contributed by atoms with Crippen LogP contribution >= 0.6 is 27.3 Å². The number of amides is 1. The Balaban J connectivity index is 2.82. The number of rotatable bonds is 8. The molecule has 1 heterocycles. The minimum Gasteiger partial charge on any atom is -0.343 e. The van der Waals surface area contributed by atoms with Gasteiger partial charge in [0, 0.05) is 24.5 Å². The molecule has 0 aliphatic heterocycles.